The third kappa shape index (κ3) is 3.52. The van der Waals surface area contributed by atoms with Crippen LogP contribution in [0.5, 0.6) is 5.75 Å². The SMILES string of the molecule is CCOC(=O)c1nnn(Cc2cccc(OC)c2)c1CCl. The van der Waals surface area contributed by atoms with Crippen molar-refractivity contribution in [3.63, 3.8) is 0 Å². The Kier molecular flexibility index (Phi) is 5.16. The molecule has 112 valence electrons. The zero-order valence-electron chi connectivity index (χ0n) is 11.9. The third-order valence-corrected chi connectivity index (χ3v) is 3.15. The lowest BCUT2D eigenvalue weighted by atomic mass is 10.2. The fourth-order valence-electron chi connectivity index (χ4n) is 1.89. The van der Waals surface area contributed by atoms with Crippen molar-refractivity contribution in [1.29, 1.82) is 0 Å². The van der Waals surface area contributed by atoms with Gasteiger partial charge in [-0.3, -0.25) is 0 Å². The number of hydrogen-bond donors (Lipinski definition) is 0. The first-order valence-corrected chi connectivity index (χ1v) is 7.01. The maximum Gasteiger partial charge on any atom is 0.360 e. The smallest absolute Gasteiger partial charge is 0.360 e. The summed E-state index contributed by atoms with van der Waals surface area (Å²) in [4.78, 5) is 11.8. The highest BCUT2D eigenvalue weighted by atomic mass is 35.5. The average molecular weight is 310 g/mol. The van der Waals surface area contributed by atoms with Gasteiger partial charge in [0.05, 0.1) is 31.8 Å². The molecule has 0 saturated heterocycles. The minimum Gasteiger partial charge on any atom is -0.497 e. The molecular formula is C14H16ClN3O3. The van der Waals surface area contributed by atoms with E-state index < -0.39 is 5.97 Å². The van der Waals surface area contributed by atoms with Gasteiger partial charge in [0.25, 0.3) is 0 Å². The third-order valence-electron chi connectivity index (χ3n) is 2.90. The number of methoxy groups -OCH3 is 1. The molecule has 0 amide bonds. The number of esters is 1. The van der Waals surface area contributed by atoms with Crippen LogP contribution in [0.15, 0.2) is 24.3 Å². The molecule has 0 saturated carbocycles. The molecule has 0 spiro atoms. The number of nitrogens with zero attached hydrogens (tertiary/aromatic N) is 3. The van der Waals surface area contributed by atoms with Gasteiger partial charge in [-0.25, -0.2) is 9.48 Å². The summed E-state index contributed by atoms with van der Waals surface area (Å²) in [5.41, 5.74) is 1.67. The van der Waals surface area contributed by atoms with Gasteiger partial charge in [0.1, 0.15) is 5.75 Å². The van der Waals surface area contributed by atoms with E-state index in [0.29, 0.717) is 12.2 Å². The highest BCUT2D eigenvalue weighted by Gasteiger charge is 2.20. The zero-order valence-corrected chi connectivity index (χ0v) is 12.6. The van der Waals surface area contributed by atoms with Crippen molar-refractivity contribution in [3.8, 4) is 5.75 Å². The Labute approximate surface area is 127 Å². The van der Waals surface area contributed by atoms with E-state index in [1.54, 1.807) is 18.7 Å². The molecule has 21 heavy (non-hydrogen) atoms. The van der Waals surface area contributed by atoms with Crippen molar-refractivity contribution in [1.82, 2.24) is 15.0 Å². The van der Waals surface area contributed by atoms with Crippen LogP contribution >= 0.6 is 11.6 Å². The molecule has 0 atom stereocenters. The summed E-state index contributed by atoms with van der Waals surface area (Å²) in [5, 5.41) is 7.85. The zero-order chi connectivity index (χ0) is 15.2. The van der Waals surface area contributed by atoms with Gasteiger partial charge in [0.2, 0.25) is 0 Å². The van der Waals surface area contributed by atoms with Crippen molar-refractivity contribution in [3.05, 3.63) is 41.2 Å². The molecule has 0 fully saturated rings. The average Bonchev–Trinajstić information content (AvgIpc) is 2.90. The van der Waals surface area contributed by atoms with E-state index in [4.69, 9.17) is 21.1 Å². The highest BCUT2D eigenvalue weighted by Crippen LogP contribution is 2.16. The Morgan fingerprint density at radius 3 is 2.90 bits per heavy atom. The molecule has 1 aromatic carbocycles. The lowest BCUT2D eigenvalue weighted by molar-refractivity contribution is 0.0518. The van der Waals surface area contributed by atoms with Crippen LogP contribution in [0.25, 0.3) is 0 Å². The van der Waals surface area contributed by atoms with Gasteiger partial charge in [0, 0.05) is 0 Å². The second-order valence-electron chi connectivity index (χ2n) is 4.25. The lowest BCUT2D eigenvalue weighted by Gasteiger charge is -2.07. The van der Waals surface area contributed by atoms with E-state index in [2.05, 4.69) is 10.3 Å². The topological polar surface area (TPSA) is 66.2 Å². The van der Waals surface area contributed by atoms with Crippen LogP contribution in [0.3, 0.4) is 0 Å². The van der Waals surface area contributed by atoms with Crippen molar-refractivity contribution in [2.45, 2.75) is 19.3 Å². The van der Waals surface area contributed by atoms with Crippen molar-refractivity contribution < 1.29 is 14.3 Å². The summed E-state index contributed by atoms with van der Waals surface area (Å²) in [6, 6.07) is 7.57. The number of carbonyl (C=O) groups excluding carboxylic acids is 1. The summed E-state index contributed by atoms with van der Waals surface area (Å²) in [6.07, 6.45) is 0. The Bertz CT molecular complexity index is 628. The number of carbonyl (C=O) groups is 1. The molecule has 7 heteroatoms. The summed E-state index contributed by atoms with van der Waals surface area (Å²) < 4.78 is 11.7. The second-order valence-corrected chi connectivity index (χ2v) is 4.52. The van der Waals surface area contributed by atoms with Gasteiger partial charge in [-0.1, -0.05) is 17.3 Å². The molecule has 2 rings (SSSR count). The number of benzene rings is 1. The minimum atomic E-state index is -0.509. The fourth-order valence-corrected chi connectivity index (χ4v) is 2.16. The molecular weight excluding hydrogens is 294 g/mol. The Balaban J connectivity index is 2.25. The lowest BCUT2D eigenvalue weighted by Crippen LogP contribution is -2.10. The fraction of sp³-hybridized carbons (Fsp3) is 0.357. The van der Waals surface area contributed by atoms with Gasteiger partial charge in [-0.15, -0.1) is 16.7 Å². The summed E-state index contributed by atoms with van der Waals surface area (Å²) in [5.74, 6) is 0.376. The van der Waals surface area contributed by atoms with Crippen molar-refractivity contribution >= 4 is 17.6 Å². The van der Waals surface area contributed by atoms with Crippen LogP contribution in [0, 0.1) is 0 Å². The van der Waals surface area contributed by atoms with Crippen LogP contribution < -0.4 is 4.74 Å². The second kappa shape index (κ2) is 7.08. The standard InChI is InChI=1S/C14H16ClN3O3/c1-3-21-14(19)13-12(8-15)18(17-16-13)9-10-5-4-6-11(7-10)20-2/h4-7H,3,8-9H2,1-2H3. The largest absolute Gasteiger partial charge is 0.497 e. The molecule has 2 aromatic rings. The highest BCUT2D eigenvalue weighted by molar-refractivity contribution is 6.17. The monoisotopic (exact) mass is 309 g/mol. The van der Waals surface area contributed by atoms with Crippen LogP contribution in [-0.4, -0.2) is 34.7 Å². The summed E-state index contributed by atoms with van der Waals surface area (Å²) in [6.45, 7) is 2.47. The Hall–Kier alpha value is -2.08. The molecule has 6 nitrogen and oxygen atoms in total. The predicted octanol–water partition coefficient (Wildman–Crippen LogP) is 2.25. The van der Waals surface area contributed by atoms with Crippen molar-refractivity contribution in [2.24, 2.45) is 0 Å². The molecule has 1 aromatic heterocycles. The predicted molar refractivity (Wildman–Crippen MR) is 77.6 cm³/mol. The first-order valence-electron chi connectivity index (χ1n) is 6.48. The summed E-state index contributed by atoms with van der Waals surface area (Å²) >= 11 is 5.91. The first kappa shape index (κ1) is 15.3. The molecule has 0 aliphatic carbocycles. The van der Waals surface area contributed by atoms with Crippen LogP contribution in [0.4, 0.5) is 0 Å². The molecule has 0 bridgehead atoms. The van der Waals surface area contributed by atoms with Gasteiger partial charge in [-0.2, -0.15) is 0 Å². The van der Waals surface area contributed by atoms with Crippen LogP contribution in [0.1, 0.15) is 28.7 Å². The number of hydrogen-bond acceptors (Lipinski definition) is 5. The molecule has 0 aliphatic rings. The number of alkyl halides is 1. The van der Waals surface area contributed by atoms with Gasteiger partial charge in [0.15, 0.2) is 5.69 Å². The number of rotatable bonds is 6. The van der Waals surface area contributed by atoms with Gasteiger partial charge < -0.3 is 9.47 Å². The molecule has 0 aliphatic heterocycles. The van der Waals surface area contributed by atoms with Crippen LogP contribution in [-0.2, 0) is 17.2 Å². The minimum absolute atomic E-state index is 0.130. The van der Waals surface area contributed by atoms with Gasteiger partial charge >= 0.3 is 5.97 Å². The maximum atomic E-state index is 11.8. The number of ether oxygens (including phenoxy) is 2. The Morgan fingerprint density at radius 1 is 1.43 bits per heavy atom. The van der Waals surface area contributed by atoms with E-state index in [9.17, 15) is 4.79 Å². The van der Waals surface area contributed by atoms with E-state index in [0.717, 1.165) is 11.3 Å². The van der Waals surface area contributed by atoms with E-state index in [-0.39, 0.29) is 18.2 Å². The number of halogens is 1. The van der Waals surface area contributed by atoms with E-state index >= 15 is 0 Å². The normalized spacial score (nSPS) is 10.4. The molecule has 0 N–H and O–H groups in total. The maximum absolute atomic E-state index is 11.8. The molecule has 0 radical (unpaired) electrons. The Morgan fingerprint density at radius 2 is 2.24 bits per heavy atom. The number of aromatic nitrogens is 3. The summed E-state index contributed by atoms with van der Waals surface area (Å²) in [7, 11) is 1.61. The quantitative estimate of drug-likeness (QED) is 0.605. The van der Waals surface area contributed by atoms with E-state index in [1.165, 1.54) is 0 Å². The first-order chi connectivity index (χ1) is 10.2. The van der Waals surface area contributed by atoms with E-state index in [1.807, 2.05) is 24.3 Å². The van der Waals surface area contributed by atoms with Gasteiger partial charge in [-0.05, 0) is 24.6 Å². The molecule has 1 heterocycles. The van der Waals surface area contributed by atoms with Crippen molar-refractivity contribution in [2.75, 3.05) is 13.7 Å². The molecule has 0 unspecified atom stereocenters. The van der Waals surface area contributed by atoms with Crippen LogP contribution in [0.2, 0.25) is 0 Å².